The third-order valence-electron chi connectivity index (χ3n) is 7.59. The molecule has 1 amide bonds. The van der Waals surface area contributed by atoms with Crippen molar-refractivity contribution in [1.82, 2.24) is 5.32 Å². The van der Waals surface area contributed by atoms with Crippen molar-refractivity contribution >= 4 is 17.6 Å². The van der Waals surface area contributed by atoms with E-state index in [1.54, 1.807) is 14.0 Å². The molecule has 0 radical (unpaired) electrons. The number of esters is 1. The number of rotatable bonds is 10. The number of carbonyl (C=O) groups is 2. The van der Waals surface area contributed by atoms with E-state index in [0.29, 0.717) is 5.69 Å². The Morgan fingerprint density at radius 3 is 2.15 bits per heavy atom. The Hall–Kier alpha value is -4.33. The number of amides is 1. The van der Waals surface area contributed by atoms with E-state index in [-0.39, 0.29) is 18.8 Å². The molecule has 6 nitrogen and oxygen atoms in total. The summed E-state index contributed by atoms with van der Waals surface area (Å²) in [5.74, 6) is -1.70. The minimum absolute atomic E-state index is 0.0150. The second-order valence-corrected chi connectivity index (χ2v) is 10.1. The van der Waals surface area contributed by atoms with E-state index in [2.05, 4.69) is 5.32 Å². The lowest BCUT2D eigenvalue weighted by Crippen LogP contribution is -2.60. The van der Waals surface area contributed by atoms with Crippen molar-refractivity contribution < 1.29 is 23.5 Å². The zero-order valence-corrected chi connectivity index (χ0v) is 23.3. The molecule has 2 atom stereocenters. The number of likely N-dealkylation sites (N-methyl/N-ethyl adjacent to an activating group) is 1. The molecule has 4 aromatic rings. The van der Waals surface area contributed by atoms with Crippen LogP contribution in [0.1, 0.15) is 40.8 Å². The first-order valence-corrected chi connectivity index (χ1v) is 13.7. The Labute approximate surface area is 239 Å². The lowest BCUT2D eigenvalue weighted by molar-refractivity contribution is -0.169. The standard InChI is InChI=1S/C34H33FN2O4/c1-4-40-32(38)31(36-30(24-14-7-5-8-15-24)25-16-9-6-10-17-25)34(41-22-26-18-12-11-13-23(26)2)28-21-27(35)19-20-29(28)37(3)33(34)39/h5-21,30-31,36H,4,22H2,1-3H3/t31-,34+/m1/s1. The first-order chi connectivity index (χ1) is 19.9. The molecule has 41 heavy (non-hydrogen) atoms. The number of fused-ring (bicyclic) bond motifs is 1. The molecule has 7 heteroatoms. The van der Waals surface area contributed by atoms with Crippen molar-refractivity contribution in [3.63, 3.8) is 0 Å². The molecule has 4 aromatic carbocycles. The number of carbonyl (C=O) groups excluding carboxylic acids is 2. The van der Waals surface area contributed by atoms with Gasteiger partial charge in [0.1, 0.15) is 11.9 Å². The van der Waals surface area contributed by atoms with Crippen molar-refractivity contribution in [3.05, 3.63) is 137 Å². The topological polar surface area (TPSA) is 67.9 Å². The van der Waals surface area contributed by atoms with Crippen LogP contribution in [-0.4, -0.2) is 31.6 Å². The Morgan fingerprint density at radius 1 is 0.927 bits per heavy atom. The van der Waals surface area contributed by atoms with E-state index in [1.165, 1.54) is 23.1 Å². The summed E-state index contributed by atoms with van der Waals surface area (Å²) in [6.07, 6.45) is 0. The van der Waals surface area contributed by atoms with Crippen LogP contribution in [0, 0.1) is 12.7 Å². The van der Waals surface area contributed by atoms with Gasteiger partial charge in [-0.1, -0.05) is 84.9 Å². The molecule has 0 aliphatic carbocycles. The van der Waals surface area contributed by atoms with E-state index in [4.69, 9.17) is 9.47 Å². The van der Waals surface area contributed by atoms with Crippen LogP contribution in [-0.2, 0) is 31.3 Å². The van der Waals surface area contributed by atoms with Gasteiger partial charge in [0.05, 0.1) is 24.9 Å². The van der Waals surface area contributed by atoms with Crippen LogP contribution < -0.4 is 10.2 Å². The third-order valence-corrected chi connectivity index (χ3v) is 7.59. The molecular weight excluding hydrogens is 519 g/mol. The summed E-state index contributed by atoms with van der Waals surface area (Å²) in [6, 6.07) is 29.2. The van der Waals surface area contributed by atoms with Crippen LogP contribution >= 0.6 is 0 Å². The Kier molecular flexibility index (Phi) is 8.28. The zero-order valence-electron chi connectivity index (χ0n) is 23.3. The normalized spacial score (nSPS) is 17.0. The van der Waals surface area contributed by atoms with Crippen molar-refractivity contribution in [3.8, 4) is 0 Å². The number of anilines is 1. The Balaban J connectivity index is 1.70. The number of ether oxygens (including phenoxy) is 2. The van der Waals surface area contributed by atoms with Gasteiger partial charge in [0.2, 0.25) is 5.60 Å². The van der Waals surface area contributed by atoms with E-state index in [1.807, 2.05) is 91.9 Å². The Morgan fingerprint density at radius 2 is 1.54 bits per heavy atom. The molecule has 0 spiro atoms. The summed E-state index contributed by atoms with van der Waals surface area (Å²) in [5, 5.41) is 3.45. The maximum Gasteiger partial charge on any atom is 0.327 e. The second kappa shape index (κ2) is 12.0. The Bertz CT molecular complexity index is 1490. The molecule has 0 unspecified atom stereocenters. The van der Waals surface area contributed by atoms with Gasteiger partial charge in [0.25, 0.3) is 5.91 Å². The summed E-state index contributed by atoms with van der Waals surface area (Å²) in [7, 11) is 1.60. The van der Waals surface area contributed by atoms with E-state index < -0.39 is 35.4 Å². The highest BCUT2D eigenvalue weighted by atomic mass is 19.1. The maximum atomic E-state index is 14.9. The van der Waals surface area contributed by atoms with Gasteiger partial charge in [-0.25, -0.2) is 4.39 Å². The fraction of sp³-hybridized carbons (Fsp3) is 0.235. The molecule has 0 bridgehead atoms. The van der Waals surface area contributed by atoms with Gasteiger partial charge in [-0.15, -0.1) is 0 Å². The molecule has 0 saturated carbocycles. The van der Waals surface area contributed by atoms with Gasteiger partial charge >= 0.3 is 5.97 Å². The highest BCUT2D eigenvalue weighted by Gasteiger charge is 2.60. The predicted octanol–water partition coefficient (Wildman–Crippen LogP) is 5.83. The van der Waals surface area contributed by atoms with E-state index in [9.17, 15) is 14.0 Å². The predicted molar refractivity (Wildman–Crippen MR) is 156 cm³/mol. The first-order valence-electron chi connectivity index (χ1n) is 13.7. The number of halogens is 1. The van der Waals surface area contributed by atoms with Gasteiger partial charge < -0.3 is 14.4 Å². The van der Waals surface area contributed by atoms with Gasteiger partial charge in [-0.05, 0) is 54.3 Å². The monoisotopic (exact) mass is 552 g/mol. The molecule has 1 aliphatic heterocycles. The van der Waals surface area contributed by atoms with Crippen molar-refractivity contribution in [2.75, 3.05) is 18.6 Å². The van der Waals surface area contributed by atoms with Crippen LogP contribution in [0.3, 0.4) is 0 Å². The molecule has 0 saturated heterocycles. The molecule has 0 aromatic heterocycles. The van der Waals surface area contributed by atoms with Gasteiger partial charge in [0.15, 0.2) is 0 Å². The number of nitrogens with one attached hydrogen (secondary N) is 1. The number of benzene rings is 4. The van der Waals surface area contributed by atoms with Gasteiger partial charge in [-0.3, -0.25) is 14.9 Å². The number of hydrogen-bond donors (Lipinski definition) is 1. The second-order valence-electron chi connectivity index (χ2n) is 10.1. The zero-order chi connectivity index (χ0) is 29.0. The minimum Gasteiger partial charge on any atom is -0.465 e. The largest absolute Gasteiger partial charge is 0.465 e. The van der Waals surface area contributed by atoms with Gasteiger partial charge in [0, 0.05) is 12.6 Å². The van der Waals surface area contributed by atoms with Crippen LogP contribution in [0.25, 0.3) is 0 Å². The number of nitrogens with zero attached hydrogens (tertiary/aromatic N) is 1. The summed E-state index contributed by atoms with van der Waals surface area (Å²) in [5.41, 5.74) is 2.38. The molecule has 210 valence electrons. The van der Waals surface area contributed by atoms with Crippen molar-refractivity contribution in [1.29, 1.82) is 0 Å². The average molecular weight is 553 g/mol. The lowest BCUT2D eigenvalue weighted by Gasteiger charge is -2.38. The summed E-state index contributed by atoms with van der Waals surface area (Å²) in [6.45, 7) is 3.76. The quantitative estimate of drug-likeness (QED) is 0.251. The maximum absolute atomic E-state index is 14.9. The number of hydrogen-bond acceptors (Lipinski definition) is 5. The average Bonchev–Trinajstić information content (AvgIpc) is 3.20. The van der Waals surface area contributed by atoms with Crippen LogP contribution in [0.2, 0.25) is 0 Å². The third kappa shape index (κ3) is 5.38. The highest BCUT2D eigenvalue weighted by Crippen LogP contribution is 2.46. The SMILES string of the molecule is CCOC(=O)[C@@H](NC(c1ccccc1)c1ccccc1)[C@]1(OCc2ccccc2C)C(=O)N(C)c2ccc(F)cc21. The number of aryl methyl sites for hydroxylation is 1. The summed E-state index contributed by atoms with van der Waals surface area (Å²) in [4.78, 5) is 29.7. The van der Waals surface area contributed by atoms with E-state index >= 15 is 0 Å². The fourth-order valence-electron chi connectivity index (χ4n) is 5.46. The molecule has 0 fully saturated rings. The van der Waals surface area contributed by atoms with Crippen molar-refractivity contribution in [2.24, 2.45) is 0 Å². The molecule has 1 N–H and O–H groups in total. The van der Waals surface area contributed by atoms with Crippen molar-refractivity contribution in [2.45, 2.75) is 38.1 Å². The van der Waals surface area contributed by atoms with E-state index in [0.717, 1.165) is 22.3 Å². The van der Waals surface area contributed by atoms with Crippen LogP contribution in [0.4, 0.5) is 10.1 Å². The smallest absolute Gasteiger partial charge is 0.327 e. The fourth-order valence-corrected chi connectivity index (χ4v) is 5.46. The van der Waals surface area contributed by atoms with Crippen LogP contribution in [0.15, 0.2) is 103 Å². The lowest BCUT2D eigenvalue weighted by atomic mass is 9.85. The molecule has 1 heterocycles. The molecular formula is C34H33FN2O4. The van der Waals surface area contributed by atoms with Gasteiger partial charge in [-0.2, -0.15) is 0 Å². The summed E-state index contributed by atoms with van der Waals surface area (Å²) >= 11 is 0. The van der Waals surface area contributed by atoms with Crippen LogP contribution in [0.5, 0.6) is 0 Å². The summed E-state index contributed by atoms with van der Waals surface area (Å²) < 4.78 is 27.0. The molecule has 1 aliphatic rings. The first kappa shape index (κ1) is 28.2. The minimum atomic E-state index is -1.91. The highest BCUT2D eigenvalue weighted by molar-refractivity contribution is 6.09. The molecule has 5 rings (SSSR count).